The van der Waals surface area contributed by atoms with Crippen molar-refractivity contribution in [1.82, 2.24) is 15.0 Å². The Kier molecular flexibility index (Phi) is 7.57. The first-order valence-electron chi connectivity index (χ1n) is 6.63. The summed E-state index contributed by atoms with van der Waals surface area (Å²) < 4.78 is 15.9. The maximum atomic E-state index is 5.41. The number of ether oxygens (including phenoxy) is 3. The van der Waals surface area contributed by atoms with Gasteiger partial charge in [-0.1, -0.05) is 6.92 Å². The van der Waals surface area contributed by atoms with Crippen molar-refractivity contribution in [3.05, 3.63) is 0 Å². The SMILES string of the molecule is CCCNc1nc(OCC)nc(OCCOCC)n1. The maximum absolute atomic E-state index is 5.41. The number of nitrogens with zero attached hydrogens (tertiary/aromatic N) is 3. The van der Waals surface area contributed by atoms with E-state index in [2.05, 4.69) is 27.2 Å². The van der Waals surface area contributed by atoms with E-state index in [1.54, 1.807) is 0 Å². The van der Waals surface area contributed by atoms with Gasteiger partial charge in [-0.05, 0) is 20.3 Å². The fraction of sp³-hybridized carbons (Fsp3) is 0.750. The first-order valence-corrected chi connectivity index (χ1v) is 6.63. The molecular formula is C12H22N4O3. The van der Waals surface area contributed by atoms with Gasteiger partial charge in [0, 0.05) is 13.2 Å². The Bertz CT molecular complexity index is 363. The van der Waals surface area contributed by atoms with Gasteiger partial charge in [0.15, 0.2) is 0 Å². The van der Waals surface area contributed by atoms with Crippen LogP contribution in [0, 0.1) is 0 Å². The first-order chi connectivity index (χ1) is 9.30. The minimum atomic E-state index is 0.247. The van der Waals surface area contributed by atoms with Crippen LogP contribution in [0.3, 0.4) is 0 Å². The van der Waals surface area contributed by atoms with E-state index in [9.17, 15) is 0 Å². The molecular weight excluding hydrogens is 248 g/mol. The van der Waals surface area contributed by atoms with Crippen LogP contribution in [-0.2, 0) is 4.74 Å². The Hall–Kier alpha value is -1.63. The number of anilines is 1. The first kappa shape index (κ1) is 15.4. The van der Waals surface area contributed by atoms with Gasteiger partial charge in [0.25, 0.3) is 0 Å². The normalized spacial score (nSPS) is 10.3. The second kappa shape index (κ2) is 9.32. The van der Waals surface area contributed by atoms with E-state index < -0.39 is 0 Å². The van der Waals surface area contributed by atoms with Crippen LogP contribution in [-0.4, -0.2) is 47.9 Å². The molecule has 0 amide bonds. The summed E-state index contributed by atoms with van der Waals surface area (Å²) in [6, 6.07) is 0.513. The fourth-order valence-corrected chi connectivity index (χ4v) is 1.25. The number of hydrogen-bond acceptors (Lipinski definition) is 7. The van der Waals surface area contributed by atoms with Gasteiger partial charge in [-0.3, -0.25) is 0 Å². The van der Waals surface area contributed by atoms with Crippen molar-refractivity contribution >= 4 is 5.95 Å². The van der Waals surface area contributed by atoms with Crippen LogP contribution in [0.5, 0.6) is 12.0 Å². The molecule has 0 aliphatic rings. The molecule has 1 aromatic rings. The predicted molar refractivity (Wildman–Crippen MR) is 71.8 cm³/mol. The van der Waals surface area contributed by atoms with Crippen molar-refractivity contribution in [3.8, 4) is 12.0 Å². The van der Waals surface area contributed by atoms with Crippen molar-refractivity contribution in [2.75, 3.05) is 38.3 Å². The Morgan fingerprint density at radius 3 is 2.26 bits per heavy atom. The molecule has 108 valence electrons. The van der Waals surface area contributed by atoms with E-state index in [0.717, 1.165) is 13.0 Å². The Morgan fingerprint density at radius 1 is 0.895 bits per heavy atom. The number of nitrogens with one attached hydrogen (secondary N) is 1. The minimum Gasteiger partial charge on any atom is -0.464 e. The monoisotopic (exact) mass is 270 g/mol. The molecule has 0 saturated heterocycles. The average Bonchev–Trinajstić information content (AvgIpc) is 2.42. The largest absolute Gasteiger partial charge is 0.464 e. The van der Waals surface area contributed by atoms with Gasteiger partial charge in [0.1, 0.15) is 6.61 Å². The quantitative estimate of drug-likeness (QED) is 0.645. The highest BCUT2D eigenvalue weighted by molar-refractivity contribution is 5.27. The lowest BCUT2D eigenvalue weighted by molar-refractivity contribution is 0.106. The van der Waals surface area contributed by atoms with E-state index in [-0.39, 0.29) is 12.0 Å². The van der Waals surface area contributed by atoms with Crippen LogP contribution in [0.25, 0.3) is 0 Å². The van der Waals surface area contributed by atoms with Gasteiger partial charge in [0.2, 0.25) is 5.95 Å². The van der Waals surface area contributed by atoms with Crippen LogP contribution < -0.4 is 14.8 Å². The number of hydrogen-bond donors (Lipinski definition) is 1. The zero-order valence-corrected chi connectivity index (χ0v) is 11.8. The molecule has 7 heteroatoms. The molecule has 1 heterocycles. The van der Waals surface area contributed by atoms with Crippen LogP contribution >= 0.6 is 0 Å². The minimum absolute atomic E-state index is 0.247. The summed E-state index contributed by atoms with van der Waals surface area (Å²) in [6.07, 6.45) is 0.982. The second-order valence-corrected chi connectivity index (χ2v) is 3.63. The van der Waals surface area contributed by atoms with E-state index in [1.165, 1.54) is 0 Å². The highest BCUT2D eigenvalue weighted by atomic mass is 16.5. The molecule has 0 bridgehead atoms. The predicted octanol–water partition coefficient (Wildman–Crippen LogP) is 1.51. The summed E-state index contributed by atoms with van der Waals surface area (Å²) in [5, 5.41) is 3.08. The van der Waals surface area contributed by atoms with Gasteiger partial charge in [-0.15, -0.1) is 4.98 Å². The zero-order valence-electron chi connectivity index (χ0n) is 11.8. The molecule has 0 unspecified atom stereocenters. The van der Waals surface area contributed by atoms with E-state index in [0.29, 0.717) is 32.4 Å². The number of aromatic nitrogens is 3. The summed E-state index contributed by atoms with van der Waals surface area (Å²) in [4.78, 5) is 12.4. The molecule has 0 aromatic carbocycles. The maximum Gasteiger partial charge on any atom is 0.324 e. The standard InChI is InChI=1S/C12H22N4O3/c1-4-7-13-10-14-11(18-6-3)16-12(15-10)19-9-8-17-5-2/h4-9H2,1-3H3,(H,13,14,15,16). The molecule has 0 radical (unpaired) electrons. The Labute approximate surface area is 113 Å². The summed E-state index contributed by atoms with van der Waals surface area (Å²) in [6.45, 7) is 8.72. The third kappa shape index (κ3) is 6.19. The van der Waals surface area contributed by atoms with Crippen molar-refractivity contribution in [2.24, 2.45) is 0 Å². The summed E-state index contributed by atoms with van der Waals surface area (Å²) >= 11 is 0. The van der Waals surface area contributed by atoms with Crippen molar-refractivity contribution < 1.29 is 14.2 Å². The van der Waals surface area contributed by atoms with Crippen LogP contribution in [0.15, 0.2) is 0 Å². The molecule has 0 aliphatic carbocycles. The van der Waals surface area contributed by atoms with Gasteiger partial charge < -0.3 is 19.5 Å². The molecule has 0 atom stereocenters. The summed E-state index contributed by atoms with van der Waals surface area (Å²) in [7, 11) is 0. The molecule has 0 fully saturated rings. The van der Waals surface area contributed by atoms with Gasteiger partial charge in [-0.2, -0.15) is 9.97 Å². The molecule has 7 nitrogen and oxygen atoms in total. The van der Waals surface area contributed by atoms with Gasteiger partial charge in [0.05, 0.1) is 13.2 Å². The molecule has 0 spiro atoms. The lowest BCUT2D eigenvalue weighted by atomic mass is 10.5. The second-order valence-electron chi connectivity index (χ2n) is 3.63. The summed E-state index contributed by atoms with van der Waals surface area (Å²) in [5.41, 5.74) is 0. The van der Waals surface area contributed by atoms with E-state index in [1.807, 2.05) is 13.8 Å². The van der Waals surface area contributed by atoms with E-state index in [4.69, 9.17) is 14.2 Å². The molecule has 1 aromatic heterocycles. The Balaban J connectivity index is 2.63. The third-order valence-electron chi connectivity index (χ3n) is 2.06. The van der Waals surface area contributed by atoms with Crippen LogP contribution in [0.1, 0.15) is 27.2 Å². The lowest BCUT2D eigenvalue weighted by Crippen LogP contribution is -2.12. The highest BCUT2D eigenvalue weighted by Gasteiger charge is 2.07. The highest BCUT2D eigenvalue weighted by Crippen LogP contribution is 2.12. The molecule has 1 N–H and O–H groups in total. The summed E-state index contributed by atoms with van der Waals surface area (Å²) in [5.74, 6) is 0.465. The molecule has 1 rings (SSSR count). The topological polar surface area (TPSA) is 78.4 Å². The average molecular weight is 270 g/mol. The number of rotatable bonds is 10. The molecule has 19 heavy (non-hydrogen) atoms. The lowest BCUT2D eigenvalue weighted by Gasteiger charge is -2.09. The molecule has 0 aliphatic heterocycles. The third-order valence-corrected chi connectivity index (χ3v) is 2.06. The van der Waals surface area contributed by atoms with Crippen molar-refractivity contribution in [3.63, 3.8) is 0 Å². The van der Waals surface area contributed by atoms with Crippen molar-refractivity contribution in [2.45, 2.75) is 27.2 Å². The van der Waals surface area contributed by atoms with Gasteiger partial charge in [-0.25, -0.2) is 0 Å². The molecule has 0 saturated carbocycles. The van der Waals surface area contributed by atoms with Crippen LogP contribution in [0.4, 0.5) is 5.95 Å². The van der Waals surface area contributed by atoms with Crippen molar-refractivity contribution in [1.29, 1.82) is 0 Å². The van der Waals surface area contributed by atoms with Gasteiger partial charge >= 0.3 is 12.0 Å². The smallest absolute Gasteiger partial charge is 0.324 e. The van der Waals surface area contributed by atoms with Crippen LogP contribution in [0.2, 0.25) is 0 Å². The Morgan fingerprint density at radius 2 is 1.63 bits per heavy atom. The fourth-order valence-electron chi connectivity index (χ4n) is 1.25. The van der Waals surface area contributed by atoms with E-state index >= 15 is 0 Å². The zero-order chi connectivity index (χ0) is 13.9.